The molecule has 10 heteroatoms. The van der Waals surface area contributed by atoms with Gasteiger partial charge in [0, 0.05) is 25.7 Å². The van der Waals surface area contributed by atoms with E-state index in [2.05, 4.69) is 15.5 Å². The second-order valence-corrected chi connectivity index (χ2v) is 8.94. The molecule has 9 nitrogen and oxygen atoms in total. The number of benzene rings is 1. The van der Waals surface area contributed by atoms with Crippen LogP contribution in [0.3, 0.4) is 0 Å². The Morgan fingerprint density at radius 1 is 1.38 bits per heavy atom. The number of carboxylic acid groups (broad SMARTS) is 1. The van der Waals surface area contributed by atoms with Crippen molar-refractivity contribution in [2.45, 2.75) is 24.2 Å². The normalized spacial score (nSPS) is 26.1. The Morgan fingerprint density at radius 3 is 2.85 bits per heavy atom. The van der Waals surface area contributed by atoms with E-state index < -0.39 is 21.4 Å². The average Bonchev–Trinajstić information content (AvgIpc) is 3.28. The van der Waals surface area contributed by atoms with Crippen molar-refractivity contribution in [3.05, 3.63) is 24.3 Å². The highest BCUT2D eigenvalue weighted by Gasteiger charge is 2.57. The van der Waals surface area contributed by atoms with Crippen molar-refractivity contribution in [2.24, 2.45) is 18.4 Å². The molecule has 2 heterocycles. The van der Waals surface area contributed by atoms with Crippen LogP contribution in [0.2, 0.25) is 0 Å². The second kappa shape index (κ2) is 5.85. The number of hydrogen-bond acceptors (Lipinski definition) is 6. The first-order valence-corrected chi connectivity index (χ1v) is 9.85. The zero-order chi connectivity index (χ0) is 18.5. The highest BCUT2D eigenvalue weighted by Crippen LogP contribution is 2.50. The zero-order valence-corrected chi connectivity index (χ0v) is 15.1. The van der Waals surface area contributed by atoms with Crippen LogP contribution < -0.4 is 0 Å². The highest BCUT2D eigenvalue weighted by molar-refractivity contribution is 7.89. The number of aromatic nitrogens is 4. The molecular weight excluding hydrogens is 358 g/mol. The number of tetrazole rings is 1. The summed E-state index contributed by atoms with van der Waals surface area (Å²) in [6.45, 7) is 0.287. The van der Waals surface area contributed by atoms with Crippen LogP contribution in [0.1, 0.15) is 19.3 Å². The molecule has 1 saturated heterocycles. The Morgan fingerprint density at radius 2 is 2.19 bits per heavy atom. The van der Waals surface area contributed by atoms with Crippen LogP contribution in [0.25, 0.3) is 11.4 Å². The molecule has 1 aliphatic carbocycles. The Balaban J connectivity index is 1.68. The molecule has 26 heavy (non-hydrogen) atoms. The van der Waals surface area contributed by atoms with Crippen molar-refractivity contribution in [1.29, 1.82) is 0 Å². The lowest BCUT2D eigenvalue weighted by molar-refractivity contribution is -0.149. The van der Waals surface area contributed by atoms with Gasteiger partial charge in [-0.1, -0.05) is 18.6 Å². The Labute approximate surface area is 150 Å². The molecule has 1 aromatic carbocycles. The minimum Gasteiger partial charge on any atom is -0.481 e. The lowest BCUT2D eigenvalue weighted by Gasteiger charge is -2.23. The summed E-state index contributed by atoms with van der Waals surface area (Å²) in [5.41, 5.74) is -0.357. The summed E-state index contributed by atoms with van der Waals surface area (Å²) in [6, 6.07) is 6.43. The smallest absolute Gasteiger partial charge is 0.311 e. The molecule has 4 rings (SSSR count). The van der Waals surface area contributed by atoms with Gasteiger partial charge in [-0.05, 0) is 41.3 Å². The minimum atomic E-state index is -3.79. The fraction of sp³-hybridized carbons (Fsp3) is 0.500. The van der Waals surface area contributed by atoms with Gasteiger partial charge in [-0.2, -0.15) is 4.31 Å². The van der Waals surface area contributed by atoms with E-state index in [9.17, 15) is 18.3 Å². The molecule has 2 fully saturated rings. The molecule has 1 saturated carbocycles. The molecule has 0 amide bonds. The van der Waals surface area contributed by atoms with Crippen LogP contribution in [-0.4, -0.2) is 57.1 Å². The van der Waals surface area contributed by atoms with Crippen LogP contribution in [0.15, 0.2) is 29.2 Å². The summed E-state index contributed by atoms with van der Waals surface area (Å²) in [6.07, 6.45) is 2.12. The summed E-state index contributed by atoms with van der Waals surface area (Å²) in [7, 11) is -2.11. The van der Waals surface area contributed by atoms with Gasteiger partial charge in [-0.3, -0.25) is 4.79 Å². The first kappa shape index (κ1) is 17.1. The van der Waals surface area contributed by atoms with Gasteiger partial charge in [0.2, 0.25) is 10.0 Å². The number of rotatable bonds is 4. The first-order valence-electron chi connectivity index (χ1n) is 8.41. The number of hydrogen-bond donors (Lipinski definition) is 1. The quantitative estimate of drug-likeness (QED) is 0.835. The van der Waals surface area contributed by atoms with Crippen LogP contribution in [-0.2, 0) is 21.9 Å². The van der Waals surface area contributed by atoms with Crippen molar-refractivity contribution in [3.8, 4) is 11.4 Å². The standard InChI is InChI=1S/C16H19N5O4S/c1-20-14(17-18-19-20)11-4-2-6-13(8-11)26(24,25)21-9-12-5-3-7-16(12,10-21)15(22)23/h2,4,6,8,12H,3,5,7,9-10H2,1H3,(H,22,23)/t12-,16+/m0/s1. The van der Waals surface area contributed by atoms with Crippen molar-refractivity contribution < 1.29 is 18.3 Å². The van der Waals surface area contributed by atoms with Gasteiger partial charge in [0.1, 0.15) is 0 Å². The monoisotopic (exact) mass is 377 g/mol. The maximum absolute atomic E-state index is 13.1. The molecule has 1 N–H and O–H groups in total. The van der Waals surface area contributed by atoms with Crippen molar-refractivity contribution in [1.82, 2.24) is 24.5 Å². The number of aliphatic carboxylic acids is 1. The van der Waals surface area contributed by atoms with Gasteiger partial charge in [-0.25, -0.2) is 13.1 Å². The van der Waals surface area contributed by atoms with E-state index in [1.54, 1.807) is 19.2 Å². The van der Waals surface area contributed by atoms with Gasteiger partial charge in [-0.15, -0.1) is 5.10 Å². The fourth-order valence-electron chi connectivity index (χ4n) is 4.19. The van der Waals surface area contributed by atoms with Crippen molar-refractivity contribution in [2.75, 3.05) is 13.1 Å². The van der Waals surface area contributed by atoms with Crippen LogP contribution >= 0.6 is 0 Å². The molecule has 0 radical (unpaired) electrons. The number of nitrogens with zero attached hydrogens (tertiary/aromatic N) is 5. The predicted molar refractivity (Wildman–Crippen MR) is 90.4 cm³/mol. The zero-order valence-electron chi connectivity index (χ0n) is 14.2. The van der Waals surface area contributed by atoms with E-state index in [1.807, 2.05) is 0 Å². The van der Waals surface area contributed by atoms with Crippen LogP contribution in [0.4, 0.5) is 0 Å². The highest BCUT2D eigenvalue weighted by atomic mass is 32.2. The maximum Gasteiger partial charge on any atom is 0.311 e. The third kappa shape index (κ3) is 2.43. The fourth-order valence-corrected chi connectivity index (χ4v) is 5.80. The molecular formula is C16H19N5O4S. The van der Waals surface area contributed by atoms with Crippen molar-refractivity contribution >= 4 is 16.0 Å². The van der Waals surface area contributed by atoms with Crippen LogP contribution in [0.5, 0.6) is 0 Å². The Bertz CT molecular complexity index is 973. The summed E-state index contributed by atoms with van der Waals surface area (Å²) in [5, 5.41) is 20.9. The molecule has 2 aromatic rings. The summed E-state index contributed by atoms with van der Waals surface area (Å²) >= 11 is 0. The van der Waals surface area contributed by atoms with E-state index in [1.165, 1.54) is 21.1 Å². The van der Waals surface area contributed by atoms with Gasteiger partial charge < -0.3 is 5.11 Å². The number of carbonyl (C=O) groups is 1. The molecule has 0 unspecified atom stereocenters. The summed E-state index contributed by atoms with van der Waals surface area (Å²) in [5.74, 6) is -0.556. The predicted octanol–water partition coefficient (Wildman–Crippen LogP) is 0.752. The van der Waals surface area contributed by atoms with E-state index in [0.29, 0.717) is 17.8 Å². The van der Waals surface area contributed by atoms with Gasteiger partial charge >= 0.3 is 5.97 Å². The third-order valence-electron chi connectivity index (χ3n) is 5.62. The van der Waals surface area contributed by atoms with Crippen LogP contribution in [0, 0.1) is 11.3 Å². The lowest BCUT2D eigenvalue weighted by Crippen LogP contribution is -2.37. The first-order chi connectivity index (χ1) is 12.3. The molecule has 1 aromatic heterocycles. The number of aryl methyl sites for hydroxylation is 1. The molecule has 138 valence electrons. The summed E-state index contributed by atoms with van der Waals surface area (Å²) < 4.78 is 29.0. The SMILES string of the molecule is Cn1nnnc1-c1cccc(S(=O)(=O)N2C[C@@H]3CCC[C@@]3(C(=O)O)C2)c1. The van der Waals surface area contributed by atoms with Gasteiger partial charge in [0.15, 0.2) is 5.82 Å². The van der Waals surface area contributed by atoms with Crippen molar-refractivity contribution in [3.63, 3.8) is 0 Å². The molecule has 2 aliphatic rings. The second-order valence-electron chi connectivity index (χ2n) is 7.00. The minimum absolute atomic E-state index is 0.0328. The number of carboxylic acids is 1. The lowest BCUT2D eigenvalue weighted by atomic mass is 9.81. The van der Waals surface area contributed by atoms with E-state index in [0.717, 1.165) is 12.8 Å². The average molecular weight is 377 g/mol. The van der Waals surface area contributed by atoms with E-state index in [4.69, 9.17) is 0 Å². The van der Waals surface area contributed by atoms with E-state index >= 15 is 0 Å². The molecule has 2 atom stereocenters. The van der Waals surface area contributed by atoms with E-state index in [-0.39, 0.29) is 23.9 Å². The van der Waals surface area contributed by atoms with Gasteiger partial charge in [0.05, 0.1) is 10.3 Å². The summed E-state index contributed by atoms with van der Waals surface area (Å²) in [4.78, 5) is 11.9. The largest absolute Gasteiger partial charge is 0.481 e. The Hall–Kier alpha value is -2.33. The third-order valence-corrected chi connectivity index (χ3v) is 7.42. The molecule has 0 bridgehead atoms. The topological polar surface area (TPSA) is 118 Å². The molecule has 1 aliphatic heterocycles. The Kier molecular flexibility index (Phi) is 3.85. The maximum atomic E-state index is 13.1. The number of sulfonamides is 1. The van der Waals surface area contributed by atoms with Gasteiger partial charge in [0.25, 0.3) is 0 Å². The molecule has 0 spiro atoms. The number of fused-ring (bicyclic) bond motifs is 1.